The Hall–Kier alpha value is -5.58. The van der Waals surface area contributed by atoms with E-state index in [1.807, 2.05) is 30.5 Å². The molecule has 0 amide bonds. The lowest BCUT2D eigenvalue weighted by Gasteiger charge is -2.52. The summed E-state index contributed by atoms with van der Waals surface area (Å²) in [4.78, 5) is 19.1. The van der Waals surface area contributed by atoms with Crippen LogP contribution in [0.1, 0.15) is 58.9 Å². The molecule has 4 aromatic rings. The van der Waals surface area contributed by atoms with Crippen LogP contribution in [0.4, 0.5) is 0 Å². The number of aliphatic hydroxyl groups is 1. The Kier molecular flexibility index (Phi) is 10.2. The van der Waals surface area contributed by atoms with Crippen molar-refractivity contribution in [3.8, 4) is 34.5 Å². The van der Waals surface area contributed by atoms with Crippen LogP contribution in [0.5, 0.6) is 34.5 Å². The van der Waals surface area contributed by atoms with Crippen LogP contribution in [-0.2, 0) is 24.2 Å². The van der Waals surface area contributed by atoms with Gasteiger partial charge < -0.3 is 35.0 Å². The Morgan fingerprint density at radius 1 is 0.845 bits per heavy atom. The van der Waals surface area contributed by atoms with Crippen LogP contribution >= 0.6 is 0 Å². The molecule has 1 aliphatic heterocycles. The summed E-state index contributed by atoms with van der Waals surface area (Å²) in [5.41, 5.74) is 11.1. The van der Waals surface area contributed by atoms with Gasteiger partial charge in [-0.2, -0.15) is 0 Å². The standard InChI is InChI=1S/C48H50N2O8/c49-25-58-41-19-27(10-14-39(41)53)9-13-38(52)36-21-35-32(29-15-16-50-23-29)11-12-33-34-20-30(17-26-5-2-1-3-6-26)42(45(43(33)35)46(36)55)37-22-40(54)47(56)48(44(34)37)57-24-28-7-4-8-31(51)18-28/h1-8,10-12,14-15,18-19,22-23,30,32-36,42-43,45-46,51,53-56H,9,13,16-17,20-21,24-25,49H2/t30-,32+,33+,34+,35+,36-,42-,43-,45+,46-/m0/s1. The third-order valence-electron chi connectivity index (χ3n) is 13.7. The highest BCUT2D eigenvalue weighted by molar-refractivity contribution is 5.83. The molecule has 0 spiro atoms. The number of phenolic OH excluding ortho intramolecular Hbond substituents is 4. The number of aliphatic hydroxyl groups excluding tert-OH is 1. The Bertz CT molecular complexity index is 2290. The van der Waals surface area contributed by atoms with Crippen molar-refractivity contribution in [3.05, 3.63) is 130 Å². The number of allylic oxidation sites excluding steroid dienone is 3. The van der Waals surface area contributed by atoms with Gasteiger partial charge in [0.25, 0.3) is 0 Å². The summed E-state index contributed by atoms with van der Waals surface area (Å²) in [5.74, 6) is -1.35. The average Bonchev–Trinajstić information content (AvgIpc) is 3.68. The molecule has 0 unspecified atom stereocenters. The van der Waals surface area contributed by atoms with Crippen LogP contribution in [0.15, 0.2) is 108 Å². The minimum atomic E-state index is -0.967. The highest BCUT2D eigenvalue weighted by Gasteiger charge is 2.61. The van der Waals surface area contributed by atoms with Gasteiger partial charge in [-0.15, -0.1) is 0 Å². The zero-order valence-electron chi connectivity index (χ0n) is 32.2. The van der Waals surface area contributed by atoms with Gasteiger partial charge in [0, 0.05) is 30.0 Å². The lowest BCUT2D eigenvalue weighted by atomic mass is 9.52. The van der Waals surface area contributed by atoms with Crippen molar-refractivity contribution in [2.75, 3.05) is 13.3 Å². The van der Waals surface area contributed by atoms with E-state index in [1.165, 1.54) is 5.56 Å². The molecule has 10 heteroatoms. The number of benzene rings is 4. The van der Waals surface area contributed by atoms with Gasteiger partial charge in [-0.1, -0.05) is 66.8 Å². The third kappa shape index (κ3) is 6.82. The maximum Gasteiger partial charge on any atom is 0.200 e. The van der Waals surface area contributed by atoms with E-state index in [4.69, 9.17) is 15.2 Å². The fraction of sp³-hybridized carbons (Fsp3) is 0.375. The van der Waals surface area contributed by atoms with Crippen molar-refractivity contribution in [1.82, 2.24) is 0 Å². The number of nitrogens with two attached hydrogens (primary N) is 1. The Morgan fingerprint density at radius 2 is 1.67 bits per heavy atom. The Balaban J connectivity index is 1.15. The summed E-state index contributed by atoms with van der Waals surface area (Å²) in [7, 11) is 0. The number of hydrogen-bond acceptors (Lipinski definition) is 10. The van der Waals surface area contributed by atoms with Crippen molar-refractivity contribution in [2.24, 2.45) is 52.2 Å². The van der Waals surface area contributed by atoms with Crippen molar-refractivity contribution in [2.45, 2.75) is 56.7 Å². The minimum absolute atomic E-state index is 0.0107. The van der Waals surface area contributed by atoms with E-state index in [0.29, 0.717) is 24.9 Å². The third-order valence-corrected chi connectivity index (χ3v) is 13.7. The van der Waals surface area contributed by atoms with Crippen LogP contribution in [0.25, 0.3) is 0 Å². The predicted molar refractivity (Wildman–Crippen MR) is 219 cm³/mol. The maximum absolute atomic E-state index is 14.6. The number of phenols is 4. The van der Waals surface area contributed by atoms with Crippen molar-refractivity contribution < 1.29 is 39.8 Å². The molecular formula is C48H50N2O8. The monoisotopic (exact) mass is 782 g/mol. The zero-order chi connectivity index (χ0) is 40.1. The number of aryl methyl sites for hydroxylation is 1. The maximum atomic E-state index is 14.6. The molecule has 9 rings (SSSR count). The van der Waals surface area contributed by atoms with Crippen molar-refractivity contribution >= 4 is 12.0 Å². The van der Waals surface area contributed by atoms with Gasteiger partial charge in [-0.3, -0.25) is 15.5 Å². The molecule has 0 saturated heterocycles. The molecule has 1 fully saturated rings. The molecule has 2 bridgehead atoms. The highest BCUT2D eigenvalue weighted by atomic mass is 16.5. The first-order valence-corrected chi connectivity index (χ1v) is 20.5. The summed E-state index contributed by atoms with van der Waals surface area (Å²) in [5, 5.41) is 56.4. The van der Waals surface area contributed by atoms with Crippen LogP contribution < -0.4 is 15.2 Å². The van der Waals surface area contributed by atoms with Crippen LogP contribution in [0.2, 0.25) is 0 Å². The molecule has 300 valence electrons. The quantitative estimate of drug-likeness (QED) is 0.0499. The molecule has 0 radical (unpaired) electrons. The second-order valence-corrected chi connectivity index (χ2v) is 16.8. The SMILES string of the molecule is NCOc1cc(CCC(=O)[C@@H]2C[C@H]3[C@@H]4[C@H](C=C[C@@H]3C3=CCN=C3)[C@H]3C[C@H](Cc5ccccc5)[C@@H](c5cc(O)c(O)c(OCc6cccc(O)c6)c53)[C@H]4[C@H]2O)ccc1O. The van der Waals surface area contributed by atoms with E-state index in [9.17, 15) is 30.3 Å². The first-order chi connectivity index (χ1) is 28.2. The van der Waals surface area contributed by atoms with Gasteiger partial charge >= 0.3 is 0 Å². The van der Waals surface area contributed by atoms with E-state index < -0.39 is 12.0 Å². The van der Waals surface area contributed by atoms with Gasteiger partial charge in [0.2, 0.25) is 5.75 Å². The molecular weight excluding hydrogens is 733 g/mol. The molecule has 4 aromatic carbocycles. The normalized spacial score (nSPS) is 29.0. The number of nitrogens with zero attached hydrogens (tertiary/aromatic N) is 1. The van der Waals surface area contributed by atoms with Crippen molar-refractivity contribution in [3.63, 3.8) is 0 Å². The second-order valence-electron chi connectivity index (χ2n) is 16.8. The summed E-state index contributed by atoms with van der Waals surface area (Å²) in [6.07, 6.45) is 10.4. The number of aromatic hydroxyl groups is 4. The predicted octanol–water partition coefficient (Wildman–Crippen LogP) is 7.07. The largest absolute Gasteiger partial charge is 0.508 e. The fourth-order valence-corrected chi connectivity index (χ4v) is 11.4. The van der Waals surface area contributed by atoms with Crippen LogP contribution in [0, 0.1) is 41.4 Å². The number of carbonyl (C=O) groups excluding carboxylic acids is 1. The Labute approximate surface area is 338 Å². The minimum Gasteiger partial charge on any atom is -0.508 e. The summed E-state index contributed by atoms with van der Waals surface area (Å²) >= 11 is 0. The fourth-order valence-electron chi connectivity index (χ4n) is 11.4. The number of hydrogen-bond donors (Lipinski definition) is 6. The molecule has 7 N–H and O–H groups in total. The summed E-state index contributed by atoms with van der Waals surface area (Å²) in [6, 6.07) is 23.8. The van der Waals surface area contributed by atoms with E-state index in [2.05, 4.69) is 35.4 Å². The molecule has 5 aliphatic rings. The van der Waals surface area contributed by atoms with E-state index >= 15 is 0 Å². The number of Topliss-reactive ketones (excluding diaryl/α,β-unsaturated/α-hetero) is 1. The van der Waals surface area contributed by atoms with E-state index in [1.54, 1.807) is 42.5 Å². The first-order valence-electron chi connectivity index (χ1n) is 20.5. The number of ketones is 1. The van der Waals surface area contributed by atoms with Gasteiger partial charge in [0.05, 0.1) is 12.6 Å². The Morgan fingerprint density at radius 3 is 2.45 bits per heavy atom. The van der Waals surface area contributed by atoms with Crippen molar-refractivity contribution in [1.29, 1.82) is 0 Å². The summed E-state index contributed by atoms with van der Waals surface area (Å²) in [6.45, 7) is 0.588. The topological polar surface area (TPSA) is 175 Å². The molecule has 10 nitrogen and oxygen atoms in total. The second kappa shape index (κ2) is 15.6. The molecule has 4 aliphatic carbocycles. The number of rotatable bonds is 12. The van der Waals surface area contributed by atoms with Gasteiger partial charge in [-0.25, -0.2) is 0 Å². The van der Waals surface area contributed by atoms with E-state index in [-0.39, 0.29) is 107 Å². The first kappa shape index (κ1) is 38.0. The average molecular weight is 783 g/mol. The van der Waals surface area contributed by atoms with Gasteiger partial charge in [-0.05, 0) is 125 Å². The van der Waals surface area contributed by atoms with Gasteiger partial charge in [0.1, 0.15) is 24.9 Å². The molecule has 10 atom stereocenters. The highest BCUT2D eigenvalue weighted by Crippen LogP contribution is 2.68. The molecule has 58 heavy (non-hydrogen) atoms. The van der Waals surface area contributed by atoms with Crippen LogP contribution in [0.3, 0.4) is 0 Å². The van der Waals surface area contributed by atoms with E-state index in [0.717, 1.165) is 35.1 Å². The lowest BCUT2D eigenvalue weighted by molar-refractivity contribution is -0.138. The summed E-state index contributed by atoms with van der Waals surface area (Å²) < 4.78 is 11.9. The number of aliphatic imine (C=N–C) groups is 1. The molecule has 0 aromatic heterocycles. The number of ether oxygens (including phenoxy) is 2. The number of carbonyl (C=O) groups is 1. The lowest BCUT2D eigenvalue weighted by Crippen LogP contribution is -2.53. The van der Waals surface area contributed by atoms with Crippen LogP contribution in [-0.4, -0.2) is 56.9 Å². The molecule has 1 saturated carbocycles. The smallest absolute Gasteiger partial charge is 0.200 e. The number of fused-ring (bicyclic) bond motifs is 2. The van der Waals surface area contributed by atoms with Gasteiger partial charge in [0.15, 0.2) is 23.0 Å². The molecule has 1 heterocycles. The zero-order valence-corrected chi connectivity index (χ0v) is 32.2.